The molecule has 1 amide bonds. The van der Waals surface area contributed by atoms with Crippen LogP contribution in [0.1, 0.15) is 91.1 Å². The highest BCUT2D eigenvalue weighted by Crippen LogP contribution is 2.57. The average molecular weight is 739 g/mol. The number of anilines is 1. The third kappa shape index (κ3) is 7.10. The average Bonchev–Trinajstić information content (AvgIpc) is 3.82. The molecule has 1 fully saturated rings. The van der Waals surface area contributed by atoms with E-state index in [2.05, 4.69) is 67.8 Å². The van der Waals surface area contributed by atoms with Crippen LogP contribution in [-0.4, -0.2) is 75.6 Å². The van der Waals surface area contributed by atoms with Crippen LogP contribution < -0.4 is 15.0 Å². The van der Waals surface area contributed by atoms with Crippen LogP contribution in [-0.2, 0) is 13.1 Å². The largest absolute Gasteiger partial charge is 0.487 e. The molecule has 0 radical (unpaired) electrons. The predicted molar refractivity (Wildman–Crippen MR) is 209 cm³/mol. The first-order valence-electron chi connectivity index (χ1n) is 18.5. The second-order valence-corrected chi connectivity index (χ2v) is 16.7. The maximum Gasteiger partial charge on any atom is 0.254 e. The summed E-state index contributed by atoms with van der Waals surface area (Å²) in [5.74, 6) is 0.558. The van der Waals surface area contributed by atoms with Gasteiger partial charge < -0.3 is 15.0 Å². The first-order valence-corrected chi connectivity index (χ1v) is 20.0. The number of hydrogen-bond donors (Lipinski definition) is 3. The highest BCUT2D eigenvalue weighted by Gasteiger charge is 2.38. The molecule has 0 bridgehead atoms. The molecular weight excluding hydrogens is 689 g/mol. The van der Waals surface area contributed by atoms with E-state index in [1.807, 2.05) is 45.4 Å². The normalized spacial score (nSPS) is 18.6. The minimum atomic E-state index is -3.36. The maximum absolute atomic E-state index is 13.9. The molecule has 0 spiro atoms. The number of benzene rings is 3. The van der Waals surface area contributed by atoms with Gasteiger partial charge in [-0.05, 0) is 99.9 Å². The monoisotopic (exact) mass is 738 g/mol. The van der Waals surface area contributed by atoms with Crippen molar-refractivity contribution >= 4 is 33.7 Å². The summed E-state index contributed by atoms with van der Waals surface area (Å²) in [7, 11) is -3.36. The Morgan fingerprint density at radius 2 is 1.77 bits per heavy atom. The van der Waals surface area contributed by atoms with Gasteiger partial charge in [0, 0.05) is 50.0 Å². The van der Waals surface area contributed by atoms with E-state index in [1.165, 1.54) is 0 Å². The number of aromatic nitrogens is 5. The predicted octanol–water partition coefficient (Wildman–Crippen LogP) is 7.50. The van der Waals surface area contributed by atoms with Crippen LogP contribution >= 0.6 is 10.8 Å². The number of aryl methyl sites for hydroxylation is 3. The molecule has 4 heterocycles. The molecular formula is C40H50N8O4S. The van der Waals surface area contributed by atoms with Crippen molar-refractivity contribution in [2.75, 3.05) is 24.5 Å². The van der Waals surface area contributed by atoms with E-state index >= 15 is 0 Å². The van der Waals surface area contributed by atoms with Crippen LogP contribution in [0.25, 0.3) is 11.0 Å². The van der Waals surface area contributed by atoms with Gasteiger partial charge in [-0.2, -0.15) is 4.31 Å². The number of nitrogens with one attached hydrogen (secondary N) is 1. The number of para-hydroxylation sites is 1. The fourth-order valence-corrected chi connectivity index (χ4v) is 9.35. The van der Waals surface area contributed by atoms with Gasteiger partial charge >= 0.3 is 0 Å². The molecule has 0 aliphatic carbocycles. The molecule has 2 aromatic heterocycles. The molecule has 1 unspecified atom stereocenters. The Morgan fingerprint density at radius 3 is 2.49 bits per heavy atom. The summed E-state index contributed by atoms with van der Waals surface area (Å²) in [6.07, 6.45) is 5.95. The van der Waals surface area contributed by atoms with E-state index in [0.717, 1.165) is 64.8 Å². The standard InChI is InChI=1S/C40H50N8O4S/c1-7-31-25-47(53(50,51)35-14-10-9-13-34(35)52-31)24-29-21-28(16-15-26(29)3)36(32-17-18-33-37(27(32)4)44-45-48(33)8-2)40(5,6)43-38(49)30-22-41-39(42-23-30)46-19-11-12-20-46/h9-10,13-18,21-23,31,36,50-51H,7-8,11-12,19-20,24-25H2,1-6H3,(H,43,49)/t31?,36-/m0/s1. The van der Waals surface area contributed by atoms with Gasteiger partial charge in [-0.15, -0.1) is 15.9 Å². The summed E-state index contributed by atoms with van der Waals surface area (Å²) in [5.41, 5.74) is 6.27. The Kier molecular flexibility index (Phi) is 10.2. The Bertz CT molecular complexity index is 2110. The van der Waals surface area contributed by atoms with Crippen LogP contribution in [0.4, 0.5) is 5.95 Å². The van der Waals surface area contributed by atoms with Crippen molar-refractivity contribution in [2.24, 2.45) is 0 Å². The van der Waals surface area contributed by atoms with Crippen LogP contribution in [0.2, 0.25) is 0 Å². The summed E-state index contributed by atoms with van der Waals surface area (Å²) in [5, 5.41) is 12.3. The molecule has 7 rings (SSSR count). The minimum Gasteiger partial charge on any atom is -0.487 e. The molecule has 12 nitrogen and oxygen atoms in total. The van der Waals surface area contributed by atoms with Gasteiger partial charge in [0.05, 0.1) is 17.6 Å². The molecule has 3 aromatic carbocycles. The molecule has 53 heavy (non-hydrogen) atoms. The van der Waals surface area contributed by atoms with Gasteiger partial charge in [-0.1, -0.05) is 48.5 Å². The molecule has 5 aromatic rings. The fraction of sp³-hybridized carbons (Fsp3) is 0.425. The van der Waals surface area contributed by atoms with Gasteiger partial charge in [0.2, 0.25) is 5.95 Å². The van der Waals surface area contributed by atoms with Crippen LogP contribution in [0.3, 0.4) is 0 Å². The zero-order chi connectivity index (χ0) is 37.5. The van der Waals surface area contributed by atoms with Gasteiger partial charge in [0.25, 0.3) is 5.91 Å². The van der Waals surface area contributed by atoms with E-state index in [-0.39, 0.29) is 17.9 Å². The van der Waals surface area contributed by atoms with Crippen LogP contribution in [0.15, 0.2) is 71.9 Å². The van der Waals surface area contributed by atoms with Gasteiger partial charge in [0.1, 0.15) is 22.3 Å². The zero-order valence-corrected chi connectivity index (χ0v) is 32.2. The maximum atomic E-state index is 13.9. The smallest absolute Gasteiger partial charge is 0.254 e. The zero-order valence-electron chi connectivity index (χ0n) is 31.4. The minimum absolute atomic E-state index is 0.213. The van der Waals surface area contributed by atoms with Crippen LogP contribution in [0.5, 0.6) is 5.75 Å². The van der Waals surface area contributed by atoms with Crippen molar-refractivity contribution < 1.29 is 18.6 Å². The second-order valence-electron chi connectivity index (χ2n) is 14.7. The molecule has 0 saturated carbocycles. The summed E-state index contributed by atoms with van der Waals surface area (Å²) in [4.78, 5) is 25.6. The van der Waals surface area contributed by atoms with Gasteiger partial charge in [-0.3, -0.25) is 13.9 Å². The lowest BCUT2D eigenvalue weighted by molar-refractivity contribution is 0.0905. The Labute approximate surface area is 313 Å². The van der Waals surface area contributed by atoms with Crippen molar-refractivity contribution in [3.8, 4) is 5.75 Å². The van der Waals surface area contributed by atoms with E-state index < -0.39 is 16.3 Å². The van der Waals surface area contributed by atoms with E-state index in [9.17, 15) is 13.9 Å². The van der Waals surface area contributed by atoms with E-state index in [4.69, 9.17) is 4.74 Å². The highest BCUT2D eigenvalue weighted by molar-refractivity contribution is 8.22. The quantitative estimate of drug-likeness (QED) is 0.132. The Balaban J connectivity index is 1.27. The first-order chi connectivity index (χ1) is 25.4. The number of hydrogen-bond acceptors (Lipinski definition) is 10. The summed E-state index contributed by atoms with van der Waals surface area (Å²) in [6, 6.07) is 17.7. The van der Waals surface area contributed by atoms with Crippen molar-refractivity contribution in [2.45, 2.75) is 96.4 Å². The number of ether oxygens (including phenoxy) is 1. The third-order valence-electron chi connectivity index (χ3n) is 10.8. The SMILES string of the molecule is CCC1CN(Cc2cc([C@@H](c3ccc4c(nnn4CC)c3C)C(C)(C)NC(=O)c3cnc(N4CCCC4)nc3)ccc2C)S(O)(O)c2ccccc2O1. The molecule has 280 valence electrons. The lowest BCUT2D eigenvalue weighted by Crippen LogP contribution is -2.48. The molecule has 1 saturated heterocycles. The number of rotatable bonds is 10. The van der Waals surface area contributed by atoms with Crippen molar-refractivity contribution in [1.29, 1.82) is 0 Å². The number of carbonyl (C=O) groups is 1. The molecule has 3 N–H and O–H groups in total. The van der Waals surface area contributed by atoms with E-state index in [1.54, 1.807) is 34.9 Å². The topological polar surface area (TPSA) is 142 Å². The number of nitrogens with zero attached hydrogens (tertiary/aromatic N) is 7. The van der Waals surface area contributed by atoms with Gasteiger partial charge in [-0.25, -0.2) is 14.6 Å². The molecule has 13 heteroatoms. The summed E-state index contributed by atoms with van der Waals surface area (Å²) >= 11 is 0. The fourth-order valence-electron chi connectivity index (χ4n) is 7.73. The van der Waals surface area contributed by atoms with Crippen molar-refractivity contribution in [1.82, 2.24) is 34.6 Å². The number of fused-ring (bicyclic) bond motifs is 2. The number of carbonyl (C=O) groups excluding carboxylic acids is 1. The molecule has 2 atom stereocenters. The Hall–Kier alpha value is -4.56. The van der Waals surface area contributed by atoms with E-state index in [0.29, 0.717) is 48.2 Å². The number of amides is 1. The lowest BCUT2D eigenvalue weighted by atomic mass is 9.74. The van der Waals surface area contributed by atoms with Gasteiger partial charge in [0.15, 0.2) is 0 Å². The molecule has 2 aliphatic rings. The lowest BCUT2D eigenvalue weighted by Gasteiger charge is -2.42. The highest BCUT2D eigenvalue weighted by atomic mass is 32.3. The molecule has 2 aliphatic heterocycles. The van der Waals surface area contributed by atoms with Crippen LogP contribution in [0, 0.1) is 13.8 Å². The second kappa shape index (κ2) is 14.7. The summed E-state index contributed by atoms with van der Waals surface area (Å²) < 4.78 is 33.4. The Morgan fingerprint density at radius 1 is 1.04 bits per heavy atom. The summed E-state index contributed by atoms with van der Waals surface area (Å²) in [6.45, 7) is 15.4. The first kappa shape index (κ1) is 36.8. The third-order valence-corrected chi connectivity index (χ3v) is 12.7. The van der Waals surface area contributed by atoms with Crippen molar-refractivity contribution in [3.05, 3.63) is 100 Å². The van der Waals surface area contributed by atoms with Crippen molar-refractivity contribution in [3.63, 3.8) is 0 Å².